The van der Waals surface area contributed by atoms with Crippen LogP contribution in [-0.4, -0.2) is 49.5 Å². The molecule has 0 radical (unpaired) electrons. The Balaban J connectivity index is 1.59. The number of nitrogens with one attached hydrogen (secondary N) is 2. The zero-order chi connectivity index (χ0) is 16.3. The van der Waals surface area contributed by atoms with E-state index in [0.717, 1.165) is 51.7 Å². The number of hydrogen-bond donors (Lipinski definition) is 2. The van der Waals surface area contributed by atoms with Crippen LogP contribution >= 0.6 is 0 Å². The van der Waals surface area contributed by atoms with Crippen molar-refractivity contribution in [2.24, 2.45) is 12.0 Å². The maximum Gasteiger partial charge on any atom is 0.191 e. The summed E-state index contributed by atoms with van der Waals surface area (Å²) < 4.78 is 13.2. The SMILES string of the molecule is CCNC(=NCc1ccn(C)c1)NCCCOCC1CCCO1. The summed E-state index contributed by atoms with van der Waals surface area (Å²) in [6, 6.07) is 2.09. The van der Waals surface area contributed by atoms with Gasteiger partial charge in [0.2, 0.25) is 0 Å². The van der Waals surface area contributed by atoms with Gasteiger partial charge in [-0.25, -0.2) is 4.99 Å². The van der Waals surface area contributed by atoms with Crippen LogP contribution in [-0.2, 0) is 23.1 Å². The van der Waals surface area contributed by atoms with Gasteiger partial charge in [-0.15, -0.1) is 0 Å². The van der Waals surface area contributed by atoms with Crippen molar-refractivity contribution in [3.8, 4) is 0 Å². The van der Waals surface area contributed by atoms with Gasteiger partial charge in [0.1, 0.15) is 0 Å². The average Bonchev–Trinajstić information content (AvgIpc) is 3.19. The molecule has 23 heavy (non-hydrogen) atoms. The van der Waals surface area contributed by atoms with Crippen molar-refractivity contribution < 1.29 is 9.47 Å². The van der Waals surface area contributed by atoms with E-state index in [1.807, 2.05) is 17.8 Å². The summed E-state index contributed by atoms with van der Waals surface area (Å²) in [5.41, 5.74) is 1.21. The van der Waals surface area contributed by atoms with Crippen LogP contribution < -0.4 is 10.6 Å². The molecule has 0 aromatic carbocycles. The van der Waals surface area contributed by atoms with Gasteiger partial charge < -0.3 is 24.7 Å². The fourth-order valence-electron chi connectivity index (χ4n) is 2.54. The number of ether oxygens (including phenoxy) is 2. The number of aliphatic imine (C=N–C) groups is 1. The van der Waals surface area contributed by atoms with Crippen molar-refractivity contribution in [3.05, 3.63) is 24.0 Å². The summed E-state index contributed by atoms with van der Waals surface area (Å²) in [5.74, 6) is 0.857. The smallest absolute Gasteiger partial charge is 0.191 e. The van der Waals surface area contributed by atoms with Crippen LogP contribution in [0, 0.1) is 0 Å². The molecule has 2 heterocycles. The fraction of sp³-hybridized carbons (Fsp3) is 0.706. The molecule has 1 aliphatic rings. The Labute approximate surface area is 139 Å². The number of nitrogens with zero attached hydrogens (tertiary/aromatic N) is 2. The van der Waals surface area contributed by atoms with Crippen LogP contribution in [0.15, 0.2) is 23.5 Å². The molecule has 0 spiro atoms. The van der Waals surface area contributed by atoms with Crippen molar-refractivity contribution in [2.75, 3.05) is 32.9 Å². The lowest BCUT2D eigenvalue weighted by Crippen LogP contribution is -2.38. The Hall–Kier alpha value is -1.53. The molecule has 1 fully saturated rings. The Morgan fingerprint density at radius 3 is 3.09 bits per heavy atom. The maximum absolute atomic E-state index is 5.66. The van der Waals surface area contributed by atoms with Crippen molar-refractivity contribution >= 4 is 5.96 Å². The predicted molar refractivity (Wildman–Crippen MR) is 92.6 cm³/mol. The third-order valence-electron chi connectivity index (χ3n) is 3.74. The highest BCUT2D eigenvalue weighted by atomic mass is 16.5. The molecule has 0 saturated carbocycles. The van der Waals surface area contributed by atoms with Crippen LogP contribution in [0.1, 0.15) is 31.7 Å². The van der Waals surface area contributed by atoms with Crippen molar-refractivity contribution in [3.63, 3.8) is 0 Å². The molecule has 1 saturated heterocycles. The third-order valence-corrected chi connectivity index (χ3v) is 3.74. The van der Waals surface area contributed by atoms with Crippen molar-refractivity contribution in [2.45, 2.75) is 38.8 Å². The van der Waals surface area contributed by atoms with Crippen LogP contribution in [0.25, 0.3) is 0 Å². The third kappa shape index (κ3) is 7.05. The summed E-state index contributed by atoms with van der Waals surface area (Å²) in [7, 11) is 2.02. The number of aromatic nitrogens is 1. The zero-order valence-electron chi connectivity index (χ0n) is 14.4. The van der Waals surface area contributed by atoms with Crippen LogP contribution in [0.2, 0.25) is 0 Å². The highest BCUT2D eigenvalue weighted by molar-refractivity contribution is 5.79. The summed E-state index contributed by atoms with van der Waals surface area (Å²) in [4.78, 5) is 4.60. The van der Waals surface area contributed by atoms with E-state index in [2.05, 4.69) is 34.8 Å². The van der Waals surface area contributed by atoms with E-state index in [1.54, 1.807) is 0 Å². The van der Waals surface area contributed by atoms with Crippen molar-refractivity contribution in [1.29, 1.82) is 0 Å². The van der Waals surface area contributed by atoms with Gasteiger partial charge in [0.15, 0.2) is 5.96 Å². The van der Waals surface area contributed by atoms with Gasteiger partial charge in [0.25, 0.3) is 0 Å². The molecule has 130 valence electrons. The highest BCUT2D eigenvalue weighted by Gasteiger charge is 2.14. The Kier molecular flexibility index (Phi) is 7.97. The minimum atomic E-state index is 0.313. The monoisotopic (exact) mass is 322 g/mol. The first-order valence-corrected chi connectivity index (χ1v) is 8.60. The molecule has 1 unspecified atom stereocenters. The number of hydrogen-bond acceptors (Lipinski definition) is 3. The topological polar surface area (TPSA) is 59.8 Å². The Bertz CT molecular complexity index is 467. The summed E-state index contributed by atoms with van der Waals surface area (Å²) in [6.45, 7) is 6.84. The highest BCUT2D eigenvalue weighted by Crippen LogP contribution is 2.11. The first kappa shape index (κ1) is 17.8. The summed E-state index contributed by atoms with van der Waals surface area (Å²) in [5, 5.41) is 6.61. The van der Waals surface area contributed by atoms with Gasteiger partial charge in [-0.05, 0) is 37.8 Å². The Morgan fingerprint density at radius 2 is 2.39 bits per heavy atom. The predicted octanol–water partition coefficient (Wildman–Crippen LogP) is 1.67. The van der Waals surface area contributed by atoms with Gasteiger partial charge in [-0.1, -0.05) is 0 Å². The molecular formula is C17H30N4O2. The molecule has 1 aliphatic heterocycles. The molecule has 2 N–H and O–H groups in total. The molecule has 1 atom stereocenters. The lowest BCUT2D eigenvalue weighted by molar-refractivity contribution is 0.0168. The number of rotatable bonds is 9. The molecule has 1 aromatic heterocycles. The summed E-state index contributed by atoms with van der Waals surface area (Å²) in [6.07, 6.45) is 7.70. The molecule has 0 aliphatic carbocycles. The first-order valence-electron chi connectivity index (χ1n) is 8.60. The van der Waals surface area contributed by atoms with E-state index in [-0.39, 0.29) is 0 Å². The number of guanidine groups is 1. The van der Waals surface area contributed by atoms with E-state index in [4.69, 9.17) is 9.47 Å². The van der Waals surface area contributed by atoms with E-state index < -0.39 is 0 Å². The minimum Gasteiger partial charge on any atom is -0.379 e. The second kappa shape index (κ2) is 10.3. The van der Waals surface area contributed by atoms with Gasteiger partial charge in [0.05, 0.1) is 19.3 Å². The maximum atomic E-state index is 5.66. The van der Waals surface area contributed by atoms with Crippen LogP contribution in [0.3, 0.4) is 0 Å². The standard InChI is InChI=1S/C17H30N4O2/c1-3-18-17(20-12-15-7-9-21(2)13-15)19-8-5-10-22-14-16-6-4-11-23-16/h7,9,13,16H,3-6,8,10-12,14H2,1-2H3,(H2,18,19,20). The normalized spacial score (nSPS) is 18.3. The summed E-state index contributed by atoms with van der Waals surface area (Å²) >= 11 is 0. The lowest BCUT2D eigenvalue weighted by atomic mass is 10.2. The number of aryl methyl sites for hydroxylation is 1. The van der Waals surface area contributed by atoms with Gasteiger partial charge >= 0.3 is 0 Å². The van der Waals surface area contributed by atoms with Crippen LogP contribution in [0.4, 0.5) is 0 Å². The molecular weight excluding hydrogens is 292 g/mol. The van der Waals surface area contributed by atoms with Gasteiger partial charge in [0, 0.05) is 45.7 Å². The second-order valence-electron chi connectivity index (χ2n) is 5.87. The van der Waals surface area contributed by atoms with E-state index in [1.165, 1.54) is 12.0 Å². The van der Waals surface area contributed by atoms with Gasteiger partial charge in [-0.2, -0.15) is 0 Å². The molecule has 2 rings (SSSR count). The van der Waals surface area contributed by atoms with Gasteiger partial charge in [-0.3, -0.25) is 0 Å². The molecule has 0 bridgehead atoms. The Morgan fingerprint density at radius 1 is 1.48 bits per heavy atom. The van der Waals surface area contributed by atoms with Crippen LogP contribution in [0.5, 0.6) is 0 Å². The largest absolute Gasteiger partial charge is 0.379 e. The lowest BCUT2D eigenvalue weighted by Gasteiger charge is -2.12. The minimum absolute atomic E-state index is 0.313. The quantitative estimate of drug-likeness (QED) is 0.412. The first-order chi connectivity index (χ1) is 11.3. The molecule has 6 heteroatoms. The second-order valence-corrected chi connectivity index (χ2v) is 5.87. The fourth-order valence-corrected chi connectivity index (χ4v) is 2.54. The van der Waals surface area contributed by atoms with Crippen molar-refractivity contribution in [1.82, 2.24) is 15.2 Å². The van der Waals surface area contributed by atoms with E-state index in [0.29, 0.717) is 12.6 Å². The molecule has 6 nitrogen and oxygen atoms in total. The average molecular weight is 322 g/mol. The van der Waals surface area contributed by atoms with E-state index >= 15 is 0 Å². The zero-order valence-corrected chi connectivity index (χ0v) is 14.4. The van der Waals surface area contributed by atoms with E-state index in [9.17, 15) is 0 Å². The molecule has 0 amide bonds. The molecule has 1 aromatic rings.